The van der Waals surface area contributed by atoms with Crippen LogP contribution < -0.4 is 5.32 Å². The molecule has 4 aromatic rings. The number of alkyl carbamates (subject to hydrolysis) is 1. The molecular formula is C34H30N4O7S. The summed E-state index contributed by atoms with van der Waals surface area (Å²) in [6, 6.07) is 24.8. The highest BCUT2D eigenvalue weighted by Crippen LogP contribution is 2.50. The Balaban J connectivity index is 1.33. The third-order valence-electron chi connectivity index (χ3n) is 8.13. The molecule has 0 bridgehead atoms. The Kier molecular flexibility index (Phi) is 8.37. The first-order valence-electron chi connectivity index (χ1n) is 14.5. The molecule has 0 unspecified atom stereocenters. The molecule has 2 aliphatic rings. The largest absolute Gasteiger partial charge is 0.451 e. The van der Waals surface area contributed by atoms with Gasteiger partial charge in [-0.05, 0) is 54.0 Å². The average Bonchev–Trinajstić information content (AvgIpc) is 3.25. The first kappa shape index (κ1) is 30.7. The van der Waals surface area contributed by atoms with Crippen LogP contribution in [0.3, 0.4) is 0 Å². The van der Waals surface area contributed by atoms with Crippen molar-refractivity contribution >= 4 is 33.9 Å². The normalized spacial score (nSPS) is 22.2. The van der Waals surface area contributed by atoms with E-state index in [2.05, 4.69) is 15.3 Å². The van der Waals surface area contributed by atoms with Crippen LogP contribution in [0.2, 0.25) is 0 Å². The summed E-state index contributed by atoms with van der Waals surface area (Å²) in [6.45, 7) is 0.695. The Morgan fingerprint density at radius 2 is 1.57 bits per heavy atom. The number of nitrogens with one attached hydrogen (secondary N) is 1. The molecule has 2 saturated heterocycles. The van der Waals surface area contributed by atoms with E-state index in [0.717, 1.165) is 10.5 Å². The van der Waals surface area contributed by atoms with Gasteiger partial charge in [-0.1, -0.05) is 66.7 Å². The number of fused-ring (bicyclic) bond motifs is 1. The highest BCUT2D eigenvalue weighted by Gasteiger charge is 2.73. The van der Waals surface area contributed by atoms with Gasteiger partial charge in [-0.2, -0.15) is 0 Å². The summed E-state index contributed by atoms with van der Waals surface area (Å²) < 4.78 is 38.0. The molecule has 0 aliphatic carbocycles. The van der Waals surface area contributed by atoms with Crippen molar-refractivity contribution in [2.45, 2.75) is 35.7 Å². The molecule has 2 aromatic carbocycles. The standard InChI is InChI=1S/C34H30N4O7S/c1-34(22-44-33(41)37-21-23-15-18-35-19-16-23)29(32(40)45-28(24-10-4-2-5-11-24)25-12-6-3-7-13-25)38-30(39)27(31(38)46(34,42)43)20-26-14-8-9-17-36-26/h2-20,28-29,31H,21-22H2,1H3,(H,37,41)/t29-,31+,34-/m0/s1. The number of ether oxygens (including phenoxy) is 2. The molecule has 1 N–H and O–H groups in total. The zero-order valence-corrected chi connectivity index (χ0v) is 25.5. The number of hydrogen-bond donors (Lipinski definition) is 1. The molecule has 234 valence electrons. The minimum atomic E-state index is -4.36. The van der Waals surface area contributed by atoms with Gasteiger partial charge >= 0.3 is 12.1 Å². The number of β-lactam (4-membered cyclic amide) rings is 1. The van der Waals surface area contributed by atoms with E-state index in [4.69, 9.17) is 9.47 Å². The summed E-state index contributed by atoms with van der Waals surface area (Å²) in [7, 11) is -4.36. The number of carbonyl (C=O) groups excluding carboxylic acids is 3. The molecule has 2 fully saturated rings. The van der Waals surface area contributed by atoms with Crippen LogP contribution in [0, 0.1) is 0 Å². The summed E-state index contributed by atoms with van der Waals surface area (Å²) in [5.74, 6) is -1.60. The van der Waals surface area contributed by atoms with Gasteiger partial charge in [-0.3, -0.25) is 14.8 Å². The molecule has 0 saturated carbocycles. The lowest BCUT2D eigenvalue weighted by molar-refractivity contribution is -0.161. The predicted molar refractivity (Wildman–Crippen MR) is 167 cm³/mol. The van der Waals surface area contributed by atoms with Crippen LogP contribution in [0.5, 0.6) is 0 Å². The van der Waals surface area contributed by atoms with Gasteiger partial charge in [-0.15, -0.1) is 0 Å². The number of rotatable bonds is 9. The number of sulfone groups is 1. The summed E-state index contributed by atoms with van der Waals surface area (Å²) in [4.78, 5) is 49.6. The summed E-state index contributed by atoms with van der Waals surface area (Å²) in [5.41, 5.74) is 2.40. The Morgan fingerprint density at radius 1 is 0.935 bits per heavy atom. The number of nitrogens with zero attached hydrogens (tertiary/aromatic N) is 3. The molecule has 46 heavy (non-hydrogen) atoms. The first-order valence-corrected chi connectivity index (χ1v) is 16.0. The molecule has 2 amide bonds. The lowest BCUT2D eigenvalue weighted by Gasteiger charge is -2.39. The molecule has 2 aromatic heterocycles. The molecular weight excluding hydrogens is 608 g/mol. The topological polar surface area (TPSA) is 145 Å². The van der Waals surface area contributed by atoms with Crippen molar-refractivity contribution in [2.24, 2.45) is 0 Å². The van der Waals surface area contributed by atoms with Gasteiger partial charge in [-0.25, -0.2) is 18.0 Å². The maximum absolute atomic E-state index is 14.3. The number of hydrogen-bond acceptors (Lipinski definition) is 9. The molecule has 12 heteroatoms. The Bertz CT molecular complexity index is 1830. The second-order valence-electron chi connectivity index (χ2n) is 11.1. The fourth-order valence-electron chi connectivity index (χ4n) is 5.70. The lowest BCUT2D eigenvalue weighted by atomic mass is 9.94. The highest BCUT2D eigenvalue weighted by atomic mass is 32.2. The summed E-state index contributed by atoms with van der Waals surface area (Å²) in [6.07, 6.45) is 4.27. The second kappa shape index (κ2) is 12.6. The van der Waals surface area contributed by atoms with Gasteiger partial charge in [0, 0.05) is 25.1 Å². The van der Waals surface area contributed by atoms with E-state index in [1.165, 1.54) is 19.2 Å². The van der Waals surface area contributed by atoms with Crippen LogP contribution >= 0.6 is 0 Å². The fraction of sp³-hybridized carbons (Fsp3) is 0.206. The van der Waals surface area contributed by atoms with Gasteiger partial charge in [0.05, 0.1) is 11.3 Å². The Labute approximate surface area is 265 Å². The molecule has 11 nitrogen and oxygen atoms in total. The molecule has 4 heterocycles. The van der Waals surface area contributed by atoms with E-state index in [-0.39, 0.29) is 12.1 Å². The maximum Gasteiger partial charge on any atom is 0.407 e. The third-order valence-corrected chi connectivity index (χ3v) is 10.8. The Morgan fingerprint density at radius 3 is 2.17 bits per heavy atom. The van der Waals surface area contributed by atoms with Crippen molar-refractivity contribution in [3.63, 3.8) is 0 Å². The Hall–Kier alpha value is -5.36. The quantitative estimate of drug-likeness (QED) is 0.164. The smallest absolute Gasteiger partial charge is 0.407 e. The molecule has 6 rings (SSSR count). The monoisotopic (exact) mass is 638 g/mol. The number of pyridine rings is 2. The number of aromatic nitrogens is 2. The minimum Gasteiger partial charge on any atom is -0.451 e. The van der Waals surface area contributed by atoms with Crippen LogP contribution in [0.1, 0.15) is 35.4 Å². The number of esters is 1. The number of benzene rings is 2. The second-order valence-corrected chi connectivity index (χ2v) is 13.6. The van der Waals surface area contributed by atoms with Crippen molar-refractivity contribution in [3.05, 3.63) is 138 Å². The predicted octanol–water partition coefficient (Wildman–Crippen LogP) is 3.84. The van der Waals surface area contributed by atoms with Crippen molar-refractivity contribution in [1.29, 1.82) is 0 Å². The van der Waals surface area contributed by atoms with Gasteiger partial charge < -0.3 is 19.7 Å². The van der Waals surface area contributed by atoms with E-state index < -0.39 is 56.7 Å². The van der Waals surface area contributed by atoms with Crippen LogP contribution in [0.4, 0.5) is 4.79 Å². The van der Waals surface area contributed by atoms with Gasteiger partial charge in [0.25, 0.3) is 5.91 Å². The molecule has 0 spiro atoms. The van der Waals surface area contributed by atoms with Gasteiger partial charge in [0.15, 0.2) is 27.4 Å². The van der Waals surface area contributed by atoms with E-state index >= 15 is 0 Å². The van der Waals surface area contributed by atoms with Crippen LogP contribution in [0.25, 0.3) is 6.08 Å². The van der Waals surface area contributed by atoms with Crippen molar-refractivity contribution in [1.82, 2.24) is 20.2 Å². The van der Waals surface area contributed by atoms with Gasteiger partial charge in [0.1, 0.15) is 11.4 Å². The summed E-state index contributed by atoms with van der Waals surface area (Å²) in [5, 5.41) is 1.12. The van der Waals surface area contributed by atoms with Crippen LogP contribution in [-0.2, 0) is 35.4 Å². The zero-order valence-electron chi connectivity index (χ0n) is 24.7. The summed E-state index contributed by atoms with van der Waals surface area (Å²) >= 11 is 0. The third kappa shape index (κ3) is 5.63. The highest BCUT2D eigenvalue weighted by molar-refractivity contribution is 7.94. The molecule has 3 atom stereocenters. The molecule has 0 radical (unpaired) electrons. The average molecular weight is 639 g/mol. The number of carbonyl (C=O) groups is 3. The lowest BCUT2D eigenvalue weighted by Crippen LogP contribution is -2.60. The van der Waals surface area contributed by atoms with Crippen molar-refractivity contribution in [2.75, 3.05) is 6.61 Å². The maximum atomic E-state index is 14.3. The minimum absolute atomic E-state index is 0.0370. The molecule has 2 aliphatic heterocycles. The SMILES string of the molecule is C[C@]1(COC(=O)NCc2ccncc2)[C@H](C(=O)OC(c2ccccc2)c2ccccc2)N2C(=O)C(=Cc3ccccn3)[C@H]2S1(=O)=O. The van der Waals surface area contributed by atoms with E-state index in [1.807, 2.05) is 12.1 Å². The number of amides is 2. The van der Waals surface area contributed by atoms with Crippen molar-refractivity contribution in [3.8, 4) is 0 Å². The van der Waals surface area contributed by atoms with E-state index in [9.17, 15) is 22.8 Å². The fourth-order valence-corrected chi connectivity index (χ4v) is 7.97. The van der Waals surface area contributed by atoms with Crippen molar-refractivity contribution < 1.29 is 32.3 Å². The van der Waals surface area contributed by atoms with Gasteiger partial charge in [0.2, 0.25) is 0 Å². The van der Waals surface area contributed by atoms with Crippen LogP contribution in [-0.4, -0.2) is 64.0 Å². The van der Waals surface area contributed by atoms with Crippen LogP contribution in [0.15, 0.2) is 115 Å². The van der Waals surface area contributed by atoms with E-state index in [1.54, 1.807) is 91.3 Å². The zero-order chi connectivity index (χ0) is 32.3. The van der Waals surface area contributed by atoms with E-state index in [0.29, 0.717) is 16.8 Å². The first-order chi connectivity index (χ1) is 22.2.